The van der Waals surface area contributed by atoms with Gasteiger partial charge in [-0.25, -0.2) is 4.98 Å². The Balaban J connectivity index is 0.00000225. The molecule has 5 nitrogen and oxygen atoms in total. The number of para-hydroxylation sites is 3. The number of nitrogens with one attached hydrogen (secondary N) is 2. The van der Waals surface area contributed by atoms with Crippen molar-refractivity contribution in [2.24, 2.45) is 5.92 Å². The number of carbonyl (C=O) groups is 1. The molecule has 3 aromatic rings. The van der Waals surface area contributed by atoms with Crippen molar-refractivity contribution in [1.82, 2.24) is 20.2 Å². The maximum atomic E-state index is 12.3. The molecule has 1 fully saturated rings. The molecule has 0 radical (unpaired) electrons. The number of rotatable bonds is 7. The minimum atomic E-state index is 0. The zero-order chi connectivity index (χ0) is 18.5. The molecule has 1 aromatic heterocycles. The van der Waals surface area contributed by atoms with E-state index in [1.54, 1.807) is 0 Å². The minimum absolute atomic E-state index is 0. The lowest BCUT2D eigenvalue weighted by molar-refractivity contribution is -0.121. The number of fused-ring (bicyclic) bond motifs is 1. The predicted octanol–water partition coefficient (Wildman–Crippen LogP) is 3.50. The van der Waals surface area contributed by atoms with E-state index >= 15 is 0 Å². The van der Waals surface area contributed by atoms with Gasteiger partial charge in [-0.05, 0) is 56.1 Å². The summed E-state index contributed by atoms with van der Waals surface area (Å²) >= 11 is 0. The molecule has 1 atom stereocenters. The number of benzene rings is 2. The van der Waals surface area contributed by atoms with Crippen LogP contribution < -0.4 is 10.6 Å². The standard InChI is InChI=1S/C22H26N4O.ClH/c27-22(24-15-13-17-12-14-23-16-17)11-10-21-25-19-8-4-5-9-20(19)26(21)18-6-2-1-3-7-18;/h1-9,17,23H,10-16H2,(H,24,27);1H. The number of amides is 1. The molecule has 1 aliphatic heterocycles. The van der Waals surface area contributed by atoms with Crippen LogP contribution in [0.2, 0.25) is 0 Å². The van der Waals surface area contributed by atoms with E-state index in [0.717, 1.165) is 48.6 Å². The van der Waals surface area contributed by atoms with Gasteiger partial charge in [-0.15, -0.1) is 12.4 Å². The summed E-state index contributed by atoms with van der Waals surface area (Å²) in [5.41, 5.74) is 3.12. The van der Waals surface area contributed by atoms with E-state index in [-0.39, 0.29) is 18.3 Å². The van der Waals surface area contributed by atoms with Crippen molar-refractivity contribution < 1.29 is 4.79 Å². The molecule has 2 aromatic carbocycles. The van der Waals surface area contributed by atoms with Crippen LogP contribution in [0, 0.1) is 5.92 Å². The third-order valence-corrected chi connectivity index (χ3v) is 5.26. The smallest absolute Gasteiger partial charge is 0.220 e. The van der Waals surface area contributed by atoms with Gasteiger partial charge in [0.2, 0.25) is 5.91 Å². The van der Waals surface area contributed by atoms with Crippen molar-refractivity contribution in [2.45, 2.75) is 25.7 Å². The predicted molar refractivity (Wildman–Crippen MR) is 115 cm³/mol. The van der Waals surface area contributed by atoms with Crippen molar-refractivity contribution in [1.29, 1.82) is 0 Å². The number of halogens is 1. The highest BCUT2D eigenvalue weighted by Crippen LogP contribution is 2.22. The normalized spacial score (nSPS) is 16.1. The largest absolute Gasteiger partial charge is 0.356 e. The molecular formula is C22H27ClN4O. The van der Waals surface area contributed by atoms with Crippen LogP contribution in [-0.2, 0) is 11.2 Å². The van der Waals surface area contributed by atoms with Crippen LogP contribution in [0.15, 0.2) is 54.6 Å². The fourth-order valence-electron chi connectivity index (χ4n) is 3.80. The van der Waals surface area contributed by atoms with Gasteiger partial charge in [0.15, 0.2) is 0 Å². The maximum absolute atomic E-state index is 12.3. The second kappa shape index (κ2) is 9.71. The Morgan fingerprint density at radius 3 is 2.71 bits per heavy atom. The van der Waals surface area contributed by atoms with Gasteiger partial charge in [0, 0.05) is 25.1 Å². The molecule has 148 valence electrons. The van der Waals surface area contributed by atoms with Crippen LogP contribution in [-0.4, -0.2) is 35.1 Å². The highest BCUT2D eigenvalue weighted by molar-refractivity contribution is 5.85. The number of nitrogens with zero attached hydrogens (tertiary/aromatic N) is 2. The summed E-state index contributed by atoms with van der Waals surface area (Å²) < 4.78 is 2.16. The summed E-state index contributed by atoms with van der Waals surface area (Å²) in [5.74, 6) is 1.73. The monoisotopic (exact) mass is 398 g/mol. The minimum Gasteiger partial charge on any atom is -0.356 e. The number of hydrogen-bond acceptors (Lipinski definition) is 3. The van der Waals surface area contributed by atoms with Gasteiger partial charge in [-0.1, -0.05) is 30.3 Å². The zero-order valence-corrected chi connectivity index (χ0v) is 16.8. The van der Waals surface area contributed by atoms with Crippen LogP contribution in [0.5, 0.6) is 0 Å². The third-order valence-electron chi connectivity index (χ3n) is 5.26. The van der Waals surface area contributed by atoms with E-state index in [9.17, 15) is 4.79 Å². The average Bonchev–Trinajstić information content (AvgIpc) is 3.34. The van der Waals surface area contributed by atoms with Gasteiger partial charge in [0.1, 0.15) is 5.82 Å². The summed E-state index contributed by atoms with van der Waals surface area (Å²) in [4.78, 5) is 17.1. The van der Waals surface area contributed by atoms with Crippen molar-refractivity contribution in [2.75, 3.05) is 19.6 Å². The molecule has 0 spiro atoms. The Kier molecular flexibility index (Phi) is 7.06. The first-order chi connectivity index (χ1) is 13.3. The highest BCUT2D eigenvalue weighted by Gasteiger charge is 2.15. The fourth-order valence-corrected chi connectivity index (χ4v) is 3.80. The molecule has 0 saturated carbocycles. The Bertz CT molecular complexity index is 903. The van der Waals surface area contributed by atoms with Gasteiger partial charge >= 0.3 is 0 Å². The fraction of sp³-hybridized carbons (Fsp3) is 0.364. The maximum Gasteiger partial charge on any atom is 0.220 e. The summed E-state index contributed by atoms with van der Waals surface area (Å²) in [6, 6.07) is 18.3. The van der Waals surface area contributed by atoms with Crippen molar-refractivity contribution >= 4 is 29.3 Å². The first kappa shape index (κ1) is 20.4. The SMILES string of the molecule is Cl.O=C(CCc1nc2ccccc2n1-c1ccccc1)NCCC1CCNC1. The zero-order valence-electron chi connectivity index (χ0n) is 15.9. The molecule has 2 heterocycles. The van der Waals surface area contributed by atoms with Crippen LogP contribution >= 0.6 is 12.4 Å². The molecule has 1 aliphatic rings. The van der Waals surface area contributed by atoms with E-state index in [2.05, 4.69) is 33.4 Å². The van der Waals surface area contributed by atoms with Crippen molar-refractivity contribution in [3.8, 4) is 5.69 Å². The quantitative estimate of drug-likeness (QED) is 0.640. The van der Waals surface area contributed by atoms with E-state index in [1.165, 1.54) is 6.42 Å². The lowest BCUT2D eigenvalue weighted by atomic mass is 10.1. The summed E-state index contributed by atoms with van der Waals surface area (Å²) in [6.07, 6.45) is 3.36. The molecule has 1 saturated heterocycles. The first-order valence-electron chi connectivity index (χ1n) is 9.80. The topological polar surface area (TPSA) is 59.0 Å². The van der Waals surface area contributed by atoms with Gasteiger partial charge in [0.25, 0.3) is 0 Å². The molecule has 1 unspecified atom stereocenters. The Labute approximate surface area is 172 Å². The number of aryl methyl sites for hydroxylation is 1. The summed E-state index contributed by atoms with van der Waals surface area (Å²) in [7, 11) is 0. The van der Waals surface area contributed by atoms with Crippen molar-refractivity contribution in [3.05, 3.63) is 60.4 Å². The molecule has 2 N–H and O–H groups in total. The van der Waals surface area contributed by atoms with Crippen LogP contribution in [0.3, 0.4) is 0 Å². The molecule has 1 amide bonds. The van der Waals surface area contributed by atoms with E-state index in [1.807, 2.05) is 36.4 Å². The Morgan fingerprint density at radius 1 is 1.14 bits per heavy atom. The van der Waals surface area contributed by atoms with Crippen LogP contribution in [0.25, 0.3) is 16.7 Å². The average molecular weight is 399 g/mol. The van der Waals surface area contributed by atoms with Gasteiger partial charge in [0.05, 0.1) is 11.0 Å². The lowest BCUT2D eigenvalue weighted by Crippen LogP contribution is -2.26. The van der Waals surface area contributed by atoms with Gasteiger partial charge in [-0.3, -0.25) is 9.36 Å². The molecule has 0 aliphatic carbocycles. The third kappa shape index (κ3) is 4.72. The van der Waals surface area contributed by atoms with E-state index < -0.39 is 0 Å². The van der Waals surface area contributed by atoms with Gasteiger partial charge in [-0.2, -0.15) is 0 Å². The Hall–Kier alpha value is -2.37. The number of carbonyl (C=O) groups excluding carboxylic acids is 1. The number of imidazole rings is 1. The van der Waals surface area contributed by atoms with Gasteiger partial charge < -0.3 is 10.6 Å². The second-order valence-corrected chi connectivity index (χ2v) is 7.19. The first-order valence-corrected chi connectivity index (χ1v) is 9.80. The molecule has 0 bridgehead atoms. The summed E-state index contributed by atoms with van der Waals surface area (Å²) in [6.45, 7) is 2.95. The summed E-state index contributed by atoms with van der Waals surface area (Å²) in [5, 5.41) is 6.44. The second-order valence-electron chi connectivity index (χ2n) is 7.19. The molecule has 28 heavy (non-hydrogen) atoms. The number of hydrogen-bond donors (Lipinski definition) is 2. The molecular weight excluding hydrogens is 372 g/mol. The van der Waals surface area contributed by atoms with E-state index in [4.69, 9.17) is 4.98 Å². The molecule has 6 heteroatoms. The number of aromatic nitrogens is 2. The van der Waals surface area contributed by atoms with E-state index in [0.29, 0.717) is 18.8 Å². The van der Waals surface area contributed by atoms with Crippen LogP contribution in [0.1, 0.15) is 25.1 Å². The highest BCUT2D eigenvalue weighted by atomic mass is 35.5. The Morgan fingerprint density at radius 2 is 1.93 bits per heavy atom. The van der Waals surface area contributed by atoms with Crippen LogP contribution in [0.4, 0.5) is 0 Å². The van der Waals surface area contributed by atoms with Crippen molar-refractivity contribution in [3.63, 3.8) is 0 Å². The molecule has 4 rings (SSSR count). The lowest BCUT2D eigenvalue weighted by Gasteiger charge is -2.11.